The number of halogens is 3. The highest BCUT2D eigenvalue weighted by atomic mass is 19.4. The molecule has 1 aromatic carbocycles. The molecule has 2 rings (SSSR count). The zero-order valence-electron chi connectivity index (χ0n) is 12.2. The first-order valence-corrected chi connectivity index (χ1v) is 7.50. The SMILES string of the molecule is CCC1CCCC(Oc2ccc(CN)c(C(F)(F)F)c2)C1. The van der Waals surface area contributed by atoms with Crippen molar-refractivity contribution < 1.29 is 17.9 Å². The molecule has 0 radical (unpaired) electrons. The lowest BCUT2D eigenvalue weighted by atomic mass is 9.85. The first-order chi connectivity index (χ1) is 9.94. The summed E-state index contributed by atoms with van der Waals surface area (Å²) in [5, 5.41) is 0. The second kappa shape index (κ2) is 6.69. The fourth-order valence-electron chi connectivity index (χ4n) is 2.98. The Kier molecular flexibility index (Phi) is 5.14. The summed E-state index contributed by atoms with van der Waals surface area (Å²) in [5.41, 5.74) is 4.79. The molecule has 1 aliphatic rings. The minimum atomic E-state index is -4.40. The Morgan fingerprint density at radius 2 is 2.05 bits per heavy atom. The van der Waals surface area contributed by atoms with E-state index < -0.39 is 11.7 Å². The monoisotopic (exact) mass is 301 g/mol. The van der Waals surface area contributed by atoms with Crippen LogP contribution in [0, 0.1) is 5.92 Å². The van der Waals surface area contributed by atoms with Gasteiger partial charge in [0, 0.05) is 6.54 Å². The molecule has 2 nitrogen and oxygen atoms in total. The van der Waals surface area contributed by atoms with Crippen LogP contribution in [0.1, 0.15) is 50.2 Å². The van der Waals surface area contributed by atoms with Gasteiger partial charge in [-0.1, -0.05) is 25.8 Å². The van der Waals surface area contributed by atoms with Crippen LogP contribution in [0.25, 0.3) is 0 Å². The maximum absolute atomic E-state index is 13.0. The number of ether oxygens (including phenoxy) is 1. The molecule has 5 heteroatoms. The number of hydrogen-bond donors (Lipinski definition) is 1. The van der Waals surface area contributed by atoms with Crippen molar-refractivity contribution in [3.8, 4) is 5.75 Å². The highest BCUT2D eigenvalue weighted by molar-refractivity contribution is 5.37. The van der Waals surface area contributed by atoms with E-state index in [-0.39, 0.29) is 18.2 Å². The first kappa shape index (κ1) is 16.1. The summed E-state index contributed by atoms with van der Waals surface area (Å²) in [4.78, 5) is 0. The molecule has 2 N–H and O–H groups in total. The van der Waals surface area contributed by atoms with E-state index in [0.717, 1.165) is 31.7 Å². The number of benzene rings is 1. The predicted octanol–water partition coefficient (Wildman–Crippen LogP) is 4.51. The van der Waals surface area contributed by atoms with Crippen LogP contribution in [-0.2, 0) is 12.7 Å². The van der Waals surface area contributed by atoms with Crippen molar-refractivity contribution in [1.29, 1.82) is 0 Å². The fraction of sp³-hybridized carbons (Fsp3) is 0.625. The molecule has 21 heavy (non-hydrogen) atoms. The zero-order chi connectivity index (χ0) is 15.5. The normalized spacial score (nSPS) is 23.1. The third kappa shape index (κ3) is 4.13. The second-order valence-corrected chi connectivity index (χ2v) is 5.70. The molecule has 0 heterocycles. The molecule has 1 aromatic rings. The van der Waals surface area contributed by atoms with E-state index in [1.54, 1.807) is 6.07 Å². The van der Waals surface area contributed by atoms with Gasteiger partial charge in [-0.3, -0.25) is 0 Å². The third-order valence-electron chi connectivity index (χ3n) is 4.22. The van der Waals surface area contributed by atoms with Crippen molar-refractivity contribution in [1.82, 2.24) is 0 Å². The molecule has 1 saturated carbocycles. The summed E-state index contributed by atoms with van der Waals surface area (Å²) in [6.07, 6.45) is 0.833. The number of nitrogens with two attached hydrogens (primary N) is 1. The van der Waals surface area contributed by atoms with Gasteiger partial charge in [-0.15, -0.1) is 0 Å². The molecule has 118 valence electrons. The molecule has 1 aliphatic carbocycles. The smallest absolute Gasteiger partial charge is 0.416 e. The molecular weight excluding hydrogens is 279 g/mol. The molecule has 0 aliphatic heterocycles. The molecule has 1 fully saturated rings. The van der Waals surface area contributed by atoms with Gasteiger partial charge in [0.25, 0.3) is 0 Å². The van der Waals surface area contributed by atoms with E-state index in [4.69, 9.17) is 10.5 Å². The van der Waals surface area contributed by atoms with Crippen LogP contribution in [0.3, 0.4) is 0 Å². The molecule has 0 spiro atoms. The fourth-order valence-corrected chi connectivity index (χ4v) is 2.98. The van der Waals surface area contributed by atoms with Crippen molar-refractivity contribution in [2.75, 3.05) is 0 Å². The van der Waals surface area contributed by atoms with E-state index in [2.05, 4.69) is 6.92 Å². The summed E-state index contributed by atoms with van der Waals surface area (Å²) in [6, 6.07) is 4.09. The summed E-state index contributed by atoms with van der Waals surface area (Å²) in [5.74, 6) is 0.912. The van der Waals surface area contributed by atoms with Gasteiger partial charge < -0.3 is 10.5 Å². The van der Waals surface area contributed by atoms with E-state index in [1.807, 2.05) is 0 Å². The summed E-state index contributed by atoms with van der Waals surface area (Å²) in [6.45, 7) is 2.02. The largest absolute Gasteiger partial charge is 0.490 e. The van der Waals surface area contributed by atoms with Gasteiger partial charge in [-0.05, 0) is 42.9 Å². The van der Waals surface area contributed by atoms with Gasteiger partial charge in [0.2, 0.25) is 0 Å². The minimum Gasteiger partial charge on any atom is -0.490 e. The average Bonchev–Trinajstić information content (AvgIpc) is 2.46. The Bertz CT molecular complexity index is 473. The van der Waals surface area contributed by atoms with E-state index in [0.29, 0.717) is 11.7 Å². The lowest BCUT2D eigenvalue weighted by Crippen LogP contribution is -2.25. The number of hydrogen-bond acceptors (Lipinski definition) is 2. The summed E-state index contributed by atoms with van der Waals surface area (Å²) in [7, 11) is 0. The van der Waals surface area contributed by atoms with Crippen molar-refractivity contribution in [3.05, 3.63) is 29.3 Å². The third-order valence-corrected chi connectivity index (χ3v) is 4.22. The summed E-state index contributed by atoms with van der Waals surface area (Å²) < 4.78 is 44.8. The minimum absolute atomic E-state index is 0.0218. The Morgan fingerprint density at radius 3 is 2.67 bits per heavy atom. The van der Waals surface area contributed by atoms with Crippen molar-refractivity contribution in [3.63, 3.8) is 0 Å². The van der Waals surface area contributed by atoms with Crippen LogP contribution in [0.4, 0.5) is 13.2 Å². The van der Waals surface area contributed by atoms with Crippen LogP contribution in [0.5, 0.6) is 5.75 Å². The van der Waals surface area contributed by atoms with Crippen LogP contribution in [-0.4, -0.2) is 6.10 Å². The van der Waals surface area contributed by atoms with Crippen molar-refractivity contribution >= 4 is 0 Å². The topological polar surface area (TPSA) is 35.2 Å². The standard InChI is InChI=1S/C16H22F3NO/c1-2-11-4-3-5-13(8-11)21-14-7-6-12(10-20)15(9-14)16(17,18)19/h6-7,9,11,13H,2-5,8,10,20H2,1H3. The highest BCUT2D eigenvalue weighted by Crippen LogP contribution is 2.36. The van der Waals surface area contributed by atoms with Crippen molar-refractivity contribution in [2.24, 2.45) is 11.7 Å². The number of alkyl halides is 3. The molecule has 2 atom stereocenters. The maximum Gasteiger partial charge on any atom is 0.416 e. The van der Waals surface area contributed by atoms with Gasteiger partial charge in [0.15, 0.2) is 0 Å². The van der Waals surface area contributed by atoms with Gasteiger partial charge in [0.05, 0.1) is 11.7 Å². The van der Waals surface area contributed by atoms with Gasteiger partial charge in [-0.25, -0.2) is 0 Å². The predicted molar refractivity (Wildman–Crippen MR) is 76.0 cm³/mol. The lowest BCUT2D eigenvalue weighted by molar-refractivity contribution is -0.138. The van der Waals surface area contributed by atoms with Crippen LogP contribution < -0.4 is 10.5 Å². The van der Waals surface area contributed by atoms with Gasteiger partial charge >= 0.3 is 6.18 Å². The highest BCUT2D eigenvalue weighted by Gasteiger charge is 2.33. The Balaban J connectivity index is 2.13. The Hall–Kier alpha value is -1.23. The molecule has 0 saturated heterocycles. The second-order valence-electron chi connectivity index (χ2n) is 5.70. The average molecular weight is 301 g/mol. The Labute approximate surface area is 123 Å². The quantitative estimate of drug-likeness (QED) is 0.888. The van der Waals surface area contributed by atoms with Gasteiger partial charge in [-0.2, -0.15) is 13.2 Å². The summed E-state index contributed by atoms with van der Waals surface area (Å²) >= 11 is 0. The molecule has 0 aromatic heterocycles. The van der Waals surface area contributed by atoms with Crippen molar-refractivity contribution in [2.45, 2.75) is 57.9 Å². The van der Waals surface area contributed by atoms with Crippen LogP contribution in [0.15, 0.2) is 18.2 Å². The van der Waals surface area contributed by atoms with E-state index in [9.17, 15) is 13.2 Å². The molecular formula is C16H22F3NO. The number of rotatable bonds is 4. The van der Waals surface area contributed by atoms with Gasteiger partial charge in [0.1, 0.15) is 5.75 Å². The molecule has 0 amide bonds. The lowest BCUT2D eigenvalue weighted by Gasteiger charge is -2.29. The van der Waals surface area contributed by atoms with E-state index >= 15 is 0 Å². The molecule has 2 unspecified atom stereocenters. The molecule has 0 bridgehead atoms. The zero-order valence-corrected chi connectivity index (χ0v) is 12.2. The maximum atomic E-state index is 13.0. The Morgan fingerprint density at radius 1 is 1.29 bits per heavy atom. The van der Waals surface area contributed by atoms with Crippen LogP contribution >= 0.6 is 0 Å². The van der Waals surface area contributed by atoms with E-state index in [1.165, 1.54) is 12.5 Å². The van der Waals surface area contributed by atoms with Crippen LogP contribution in [0.2, 0.25) is 0 Å². The first-order valence-electron chi connectivity index (χ1n) is 7.50.